The number of rotatable bonds is 4. The molecule has 6 nitrogen and oxygen atoms in total. The van der Waals surface area contributed by atoms with Crippen LogP contribution < -0.4 is 10.6 Å². The number of benzene rings is 3. The fraction of sp³-hybridized carbons (Fsp3) is 0.0417. The average molecular weight is 482 g/mol. The van der Waals surface area contributed by atoms with Crippen molar-refractivity contribution in [1.29, 1.82) is 0 Å². The molecule has 9 heteroatoms. The van der Waals surface area contributed by atoms with Crippen molar-refractivity contribution in [2.45, 2.75) is 6.04 Å². The summed E-state index contributed by atoms with van der Waals surface area (Å²) in [6.07, 6.45) is 2.05. The number of hydrogen-bond donors (Lipinski definition) is 2. The lowest BCUT2D eigenvalue weighted by atomic mass is 10.0. The Hall–Kier alpha value is -3.68. The van der Waals surface area contributed by atoms with Gasteiger partial charge in [0.2, 0.25) is 5.95 Å². The molecule has 4 aromatic rings. The maximum absolute atomic E-state index is 13.2. The van der Waals surface area contributed by atoms with E-state index in [2.05, 4.69) is 20.7 Å². The van der Waals surface area contributed by atoms with Crippen molar-refractivity contribution in [2.75, 3.05) is 10.6 Å². The first-order valence-electron chi connectivity index (χ1n) is 9.90. The second-order valence-corrected chi connectivity index (χ2v) is 7.67. The van der Waals surface area contributed by atoms with Crippen LogP contribution in [0.25, 0.3) is 5.70 Å². The molecule has 0 fully saturated rings. The smallest absolute Gasteiger partial charge is 0.258 e. The predicted molar refractivity (Wildman–Crippen MR) is 129 cm³/mol. The molecule has 1 amide bonds. The van der Waals surface area contributed by atoms with Gasteiger partial charge in [-0.05, 0) is 53.6 Å². The van der Waals surface area contributed by atoms with Gasteiger partial charge in [-0.3, -0.25) is 10.1 Å². The fourth-order valence-corrected chi connectivity index (χ4v) is 3.63. The van der Waals surface area contributed by atoms with Crippen LogP contribution >= 0.6 is 24.0 Å². The van der Waals surface area contributed by atoms with E-state index in [1.165, 1.54) is 24.3 Å². The number of amides is 1. The van der Waals surface area contributed by atoms with Crippen molar-refractivity contribution in [3.8, 4) is 0 Å². The highest BCUT2D eigenvalue weighted by Crippen LogP contribution is 2.33. The summed E-state index contributed by atoms with van der Waals surface area (Å²) in [6, 6.07) is 22.4. The molecular formula is C24H18Cl2FN5O. The molecule has 0 saturated heterocycles. The first kappa shape index (κ1) is 22.5. The second kappa shape index (κ2) is 9.44. The standard InChI is InChI=1S/C24H17ClFN5O.ClH/c25-18-10-6-15(7-11-18)20-14-21(16-4-2-1-3-5-16)31-24(27-20)29-23(30-31)28-22(32)17-8-12-19(26)13-9-17;/h1-14,21H,(H2,27,28,29,30,32);1H. The summed E-state index contributed by atoms with van der Waals surface area (Å²) in [4.78, 5) is 17.0. The quantitative estimate of drug-likeness (QED) is 0.386. The highest BCUT2D eigenvalue weighted by Gasteiger charge is 2.26. The monoisotopic (exact) mass is 481 g/mol. The summed E-state index contributed by atoms with van der Waals surface area (Å²) in [5.74, 6) is -0.197. The number of aromatic nitrogens is 3. The van der Waals surface area contributed by atoms with Crippen LogP contribution in [0.4, 0.5) is 16.3 Å². The first-order valence-corrected chi connectivity index (χ1v) is 10.3. The number of hydrogen-bond acceptors (Lipinski definition) is 4. The number of carbonyl (C=O) groups is 1. The van der Waals surface area contributed by atoms with Crippen molar-refractivity contribution < 1.29 is 9.18 Å². The third-order valence-corrected chi connectivity index (χ3v) is 5.35. The van der Waals surface area contributed by atoms with Crippen molar-refractivity contribution in [3.05, 3.63) is 112 Å². The van der Waals surface area contributed by atoms with Gasteiger partial charge >= 0.3 is 0 Å². The molecule has 3 aromatic carbocycles. The second-order valence-electron chi connectivity index (χ2n) is 7.23. The molecule has 0 bridgehead atoms. The number of halogens is 3. The van der Waals surface area contributed by atoms with Gasteiger partial charge in [-0.2, -0.15) is 4.98 Å². The zero-order valence-corrected chi connectivity index (χ0v) is 18.6. The summed E-state index contributed by atoms with van der Waals surface area (Å²) in [5, 5.41) is 11.1. The molecule has 0 spiro atoms. The van der Waals surface area contributed by atoms with Gasteiger partial charge in [0, 0.05) is 16.3 Å². The van der Waals surface area contributed by atoms with E-state index >= 15 is 0 Å². The lowest BCUT2D eigenvalue weighted by molar-refractivity contribution is 0.102. The summed E-state index contributed by atoms with van der Waals surface area (Å²) in [6.45, 7) is 0. The third-order valence-electron chi connectivity index (χ3n) is 5.09. The van der Waals surface area contributed by atoms with Gasteiger partial charge in [-0.1, -0.05) is 54.1 Å². The van der Waals surface area contributed by atoms with Gasteiger partial charge < -0.3 is 5.32 Å². The van der Waals surface area contributed by atoms with Crippen LogP contribution in [0.5, 0.6) is 0 Å². The topological polar surface area (TPSA) is 71.8 Å². The highest BCUT2D eigenvalue weighted by atomic mass is 35.5. The van der Waals surface area contributed by atoms with E-state index in [0.29, 0.717) is 16.5 Å². The van der Waals surface area contributed by atoms with Gasteiger partial charge in [0.1, 0.15) is 11.9 Å². The van der Waals surface area contributed by atoms with Crippen molar-refractivity contribution in [3.63, 3.8) is 0 Å². The SMILES string of the molecule is Cl.O=C(Nc1nc2n(n1)C(c1ccccc1)C=C(c1ccc(Cl)cc1)N2)c1ccc(F)cc1. The fourth-order valence-electron chi connectivity index (χ4n) is 3.51. The zero-order valence-electron chi connectivity index (χ0n) is 17.1. The summed E-state index contributed by atoms with van der Waals surface area (Å²) in [5.41, 5.74) is 3.13. The number of carbonyl (C=O) groups excluding carboxylic acids is 1. The third kappa shape index (κ3) is 4.74. The maximum Gasteiger partial charge on any atom is 0.258 e. The van der Waals surface area contributed by atoms with Crippen molar-refractivity contribution in [2.24, 2.45) is 0 Å². The maximum atomic E-state index is 13.2. The average Bonchev–Trinajstić information content (AvgIpc) is 3.22. The first-order chi connectivity index (χ1) is 15.6. The van der Waals surface area contributed by atoms with Gasteiger partial charge in [0.15, 0.2) is 0 Å². The van der Waals surface area contributed by atoms with Crippen LogP contribution in [-0.4, -0.2) is 20.7 Å². The molecule has 0 radical (unpaired) electrons. The molecule has 1 unspecified atom stereocenters. The van der Waals surface area contributed by atoms with E-state index < -0.39 is 11.7 Å². The van der Waals surface area contributed by atoms with Crippen molar-refractivity contribution in [1.82, 2.24) is 14.8 Å². The molecule has 2 heterocycles. The molecule has 0 saturated carbocycles. The summed E-state index contributed by atoms with van der Waals surface area (Å²) < 4.78 is 14.9. The van der Waals surface area contributed by atoms with E-state index in [0.717, 1.165) is 16.8 Å². The number of nitrogens with one attached hydrogen (secondary N) is 2. The molecule has 1 atom stereocenters. The Morgan fingerprint density at radius 1 is 1.00 bits per heavy atom. The number of anilines is 2. The van der Waals surface area contributed by atoms with Crippen LogP contribution in [0.2, 0.25) is 5.02 Å². The molecule has 5 rings (SSSR count). The minimum absolute atomic E-state index is 0. The Morgan fingerprint density at radius 3 is 2.39 bits per heavy atom. The largest absolute Gasteiger partial charge is 0.324 e. The lowest BCUT2D eigenvalue weighted by Gasteiger charge is -2.24. The molecular weight excluding hydrogens is 464 g/mol. The normalized spacial score (nSPS) is 14.4. The van der Waals surface area contributed by atoms with Crippen LogP contribution in [0.1, 0.15) is 27.5 Å². The minimum Gasteiger partial charge on any atom is -0.324 e. The Bertz CT molecular complexity index is 1310. The zero-order chi connectivity index (χ0) is 22.1. The Labute approximate surface area is 200 Å². The van der Waals surface area contributed by atoms with E-state index in [4.69, 9.17) is 11.6 Å². The molecule has 1 aliphatic rings. The minimum atomic E-state index is -0.421. The highest BCUT2D eigenvalue weighted by molar-refractivity contribution is 6.30. The summed E-state index contributed by atoms with van der Waals surface area (Å²) >= 11 is 6.04. The number of nitrogens with zero attached hydrogens (tertiary/aromatic N) is 3. The summed E-state index contributed by atoms with van der Waals surface area (Å²) in [7, 11) is 0. The number of fused-ring (bicyclic) bond motifs is 1. The Balaban J connectivity index is 0.00000259. The van der Waals surface area contributed by atoms with Crippen molar-refractivity contribution >= 4 is 47.5 Å². The van der Waals surface area contributed by atoms with Gasteiger partial charge in [0.25, 0.3) is 11.9 Å². The predicted octanol–water partition coefficient (Wildman–Crippen LogP) is 5.80. The van der Waals surface area contributed by atoms with E-state index in [-0.39, 0.29) is 24.4 Å². The van der Waals surface area contributed by atoms with Crippen LogP contribution in [0, 0.1) is 5.82 Å². The Kier molecular flexibility index (Phi) is 6.44. The van der Waals surface area contributed by atoms with Crippen LogP contribution in [-0.2, 0) is 0 Å². The van der Waals surface area contributed by atoms with Gasteiger partial charge in [0.05, 0.1) is 0 Å². The van der Waals surface area contributed by atoms with Gasteiger partial charge in [-0.25, -0.2) is 9.07 Å². The van der Waals surface area contributed by atoms with E-state index in [1.807, 2.05) is 60.7 Å². The van der Waals surface area contributed by atoms with E-state index in [1.54, 1.807) is 4.68 Å². The molecule has 166 valence electrons. The molecule has 1 aliphatic heterocycles. The molecule has 0 aliphatic carbocycles. The van der Waals surface area contributed by atoms with Crippen LogP contribution in [0.15, 0.2) is 84.9 Å². The van der Waals surface area contributed by atoms with Crippen LogP contribution in [0.3, 0.4) is 0 Å². The van der Waals surface area contributed by atoms with E-state index in [9.17, 15) is 9.18 Å². The molecule has 33 heavy (non-hydrogen) atoms. The number of allylic oxidation sites excluding steroid dienone is 1. The Morgan fingerprint density at radius 2 is 1.70 bits per heavy atom. The molecule has 2 N–H and O–H groups in total. The van der Waals surface area contributed by atoms with Gasteiger partial charge in [-0.15, -0.1) is 17.5 Å². The lowest BCUT2D eigenvalue weighted by Crippen LogP contribution is -2.20. The molecule has 1 aromatic heterocycles.